The molecule has 0 bridgehead atoms. The van der Waals surface area contributed by atoms with Crippen LogP contribution < -0.4 is 14.4 Å². The van der Waals surface area contributed by atoms with Gasteiger partial charge in [0.1, 0.15) is 53.3 Å². The third-order valence-electron chi connectivity index (χ3n) is 25.5. The summed E-state index contributed by atoms with van der Waals surface area (Å²) in [5.74, 6) is 2.15. The second kappa shape index (κ2) is 43.4. The van der Waals surface area contributed by atoms with E-state index in [0.29, 0.717) is 87.0 Å². The molecule has 0 radical (unpaired) electrons. The van der Waals surface area contributed by atoms with Gasteiger partial charge in [-0.25, -0.2) is 4.98 Å². The zero-order chi connectivity index (χ0) is 91.6. The Kier molecular flexibility index (Phi) is 31.4. The molecule has 4 saturated heterocycles. The summed E-state index contributed by atoms with van der Waals surface area (Å²) in [4.78, 5) is 79.1. The minimum atomic E-state index is -4.47. The predicted octanol–water partition coefficient (Wildman–Crippen LogP) is 19.3. The zero-order valence-electron chi connectivity index (χ0n) is 74.1. The van der Waals surface area contributed by atoms with E-state index in [0.717, 1.165) is 236 Å². The molecule has 4 fully saturated rings. The number of aryl methyl sites for hydroxylation is 4. The summed E-state index contributed by atoms with van der Waals surface area (Å²) in [5.41, 5.74) is 9.32. The van der Waals surface area contributed by atoms with Gasteiger partial charge in [0, 0.05) is 191 Å². The summed E-state index contributed by atoms with van der Waals surface area (Å²) in [6.45, 7) is 25.1. The molecule has 0 amide bonds. The highest BCUT2D eigenvalue weighted by Gasteiger charge is 2.43. The van der Waals surface area contributed by atoms with Crippen LogP contribution in [-0.2, 0) is 38.8 Å². The smallest absolute Gasteiger partial charge is 0.417 e. The fraction of sp³-hybridized carbons (Fsp3) is 0.379. The Bertz CT molecular complexity index is 6260. The molecule has 0 atom stereocenters. The Hall–Kier alpha value is -12.3. The first-order chi connectivity index (χ1) is 62.9. The van der Waals surface area contributed by atoms with Crippen LogP contribution in [0.1, 0.15) is 177 Å². The molecule has 672 valence electrons. The van der Waals surface area contributed by atoms with Gasteiger partial charge in [0.15, 0.2) is 28.9 Å². The van der Waals surface area contributed by atoms with Crippen molar-refractivity contribution in [2.75, 3.05) is 116 Å². The summed E-state index contributed by atoms with van der Waals surface area (Å²) in [5, 5.41) is 42.2. The number of aromatic nitrogens is 5. The number of hydrogen-bond donors (Lipinski definition) is 0. The molecule has 17 rings (SSSR count). The van der Waals surface area contributed by atoms with Crippen molar-refractivity contribution in [2.45, 2.75) is 142 Å². The van der Waals surface area contributed by atoms with E-state index in [4.69, 9.17) is 32.7 Å². The van der Waals surface area contributed by atoms with Gasteiger partial charge in [0.2, 0.25) is 0 Å². The molecule has 0 unspecified atom stereocenters. The van der Waals surface area contributed by atoms with Gasteiger partial charge in [-0.2, -0.15) is 34.2 Å². The van der Waals surface area contributed by atoms with E-state index in [-0.39, 0.29) is 45.6 Å². The van der Waals surface area contributed by atoms with Crippen molar-refractivity contribution in [3.8, 4) is 35.8 Å². The van der Waals surface area contributed by atoms with Gasteiger partial charge < -0.3 is 52.2 Å². The van der Waals surface area contributed by atoms with E-state index < -0.39 is 11.7 Å². The molecule has 10 heterocycles. The lowest BCUT2D eigenvalue weighted by atomic mass is 9.82. The lowest BCUT2D eigenvalue weighted by Gasteiger charge is -2.44. The van der Waals surface area contributed by atoms with Gasteiger partial charge in [-0.05, 0) is 185 Å². The fourth-order valence-electron chi connectivity index (χ4n) is 18.8. The molecule has 5 aromatic heterocycles. The average molecular weight is 1800 g/mol. The molecule has 0 aliphatic carbocycles. The monoisotopic (exact) mass is 1790 g/mol. The van der Waals surface area contributed by atoms with Crippen LogP contribution in [0.4, 0.5) is 19.0 Å². The lowest BCUT2D eigenvalue weighted by molar-refractivity contribution is -0.137. The van der Waals surface area contributed by atoms with Crippen molar-refractivity contribution in [1.82, 2.24) is 47.8 Å². The normalized spacial score (nSPS) is 15.8. The molecular weight excluding hydrogens is 1690 g/mol. The number of fused-ring (bicyclic) bond motifs is 5. The number of benzene rings is 7. The predicted molar refractivity (Wildman–Crippen MR) is 502 cm³/mol. The number of para-hydroxylation sites is 5. The number of halogens is 5. The van der Waals surface area contributed by atoms with Crippen LogP contribution in [0.5, 0.6) is 11.5 Å². The van der Waals surface area contributed by atoms with E-state index in [9.17, 15) is 58.2 Å². The highest BCUT2D eigenvalue weighted by Crippen LogP contribution is 2.41. The third-order valence-corrected chi connectivity index (χ3v) is 26.1. The molecule has 130 heavy (non-hydrogen) atoms. The molecular formula is C103H108Cl2F3N15O7. The van der Waals surface area contributed by atoms with Crippen molar-refractivity contribution in [3.05, 3.63) is 260 Å². The quantitative estimate of drug-likeness (QED) is 0.0457. The molecule has 0 N–H and O–H groups in total. The number of ether oxygens (including phenoxy) is 2. The van der Waals surface area contributed by atoms with Crippen LogP contribution in [0.3, 0.4) is 0 Å². The SMILES string of the molecule is CC(=O)c1cn(CCCN2CCC(Oc3cccc(Cl)c3)CC2)c2c(C#N)cccc12.CC(=O)c1cn(CCCN2CCC3(CC2)CC(=O)c2ccccc2O3)c2c(C#N)cccc12.CC(=O)c1cn(CCCN2CCCN(CCc3ccccc3)CC2)c2c(C#N)cccc12.CC(=O)c1cn(CCCN2CCN(c3ncc(C(F)(F)F)cc3Cl)CC2)c2c(C#N)cccc12. The van der Waals surface area contributed by atoms with E-state index in [1.165, 1.54) is 25.5 Å². The van der Waals surface area contributed by atoms with Crippen molar-refractivity contribution in [1.29, 1.82) is 21.0 Å². The molecule has 22 nitrogen and oxygen atoms in total. The van der Waals surface area contributed by atoms with E-state index in [1.807, 2.05) is 137 Å². The van der Waals surface area contributed by atoms with Crippen LogP contribution in [0, 0.1) is 45.3 Å². The van der Waals surface area contributed by atoms with Crippen molar-refractivity contribution in [3.63, 3.8) is 0 Å². The van der Waals surface area contributed by atoms with Gasteiger partial charge in [0.25, 0.3) is 0 Å². The van der Waals surface area contributed by atoms with Crippen LogP contribution >= 0.6 is 23.2 Å². The van der Waals surface area contributed by atoms with Crippen LogP contribution in [-0.4, -0.2) is 200 Å². The van der Waals surface area contributed by atoms with Gasteiger partial charge in [0.05, 0.1) is 66.9 Å². The molecule has 27 heteroatoms. The van der Waals surface area contributed by atoms with Gasteiger partial charge >= 0.3 is 6.18 Å². The number of pyridine rings is 1. The van der Waals surface area contributed by atoms with Gasteiger partial charge in [-0.15, -0.1) is 0 Å². The number of carbonyl (C=O) groups is 5. The van der Waals surface area contributed by atoms with Crippen molar-refractivity contribution in [2.24, 2.45) is 0 Å². The molecule has 5 aliphatic heterocycles. The Labute approximate surface area is 766 Å². The standard InChI is InChI=1S/C27H32N4O.C27H27N3O3.C25H26ClN3O2.C24H23ClF3N5O/c1-22(32)26-21-31(27-24(20-28)10-5-11-25(26)27)16-7-15-29-13-6-14-30(19-18-29)17-12-23-8-3-2-4-9-23;1-19(31)23-18-30(26-20(17-28)6-4-8-21(23)26)13-5-12-29-14-10-27(11-15-29)16-24(32)22-7-2-3-9-25(22)33-27;1-18(30)24-17-29(25-19(16-27)5-2-8-23(24)25)12-4-11-28-13-9-21(10-14-28)31-22-7-3-6-20(26)15-22;1-16(34)20-15-33(22-17(13-29)4-2-5-19(20)22)7-3-6-31-8-10-32(11-9-31)23-21(25)12-18(14-30-23)24(26,27)28/h2-5,8-11,21H,6-7,12-19H2,1H3;2-4,6-9,18H,5,10-16H2,1H3;2-3,5-8,15,17,21H,4,9-14H2,1H3;2,4-5,12,14-15H,3,6-11H2,1H3. The molecule has 5 aliphatic rings. The second-order valence-corrected chi connectivity index (χ2v) is 35.1. The third kappa shape index (κ3) is 22.9. The Morgan fingerprint density at radius 3 is 1.29 bits per heavy atom. The first-order valence-electron chi connectivity index (χ1n) is 44.9. The fourth-order valence-corrected chi connectivity index (χ4v) is 19.2. The Morgan fingerprint density at radius 2 is 0.869 bits per heavy atom. The number of piperazine rings is 1. The number of anilines is 1. The minimum absolute atomic E-state index is 0.00247. The van der Waals surface area contributed by atoms with E-state index in [2.05, 4.69) is 97.8 Å². The highest BCUT2D eigenvalue weighted by molar-refractivity contribution is 6.33. The summed E-state index contributed by atoms with van der Waals surface area (Å²) < 4.78 is 59.2. The van der Waals surface area contributed by atoms with Gasteiger partial charge in [-0.1, -0.05) is 120 Å². The highest BCUT2D eigenvalue weighted by atomic mass is 35.5. The number of Topliss-reactive ketones (excluding diaryl/α,β-unsaturated/α-hetero) is 5. The average Bonchev–Trinajstić information content (AvgIpc) is 1.17. The van der Waals surface area contributed by atoms with Crippen molar-refractivity contribution < 1.29 is 46.6 Å². The summed E-state index contributed by atoms with van der Waals surface area (Å²) in [6, 6.07) is 58.0. The maximum Gasteiger partial charge on any atom is 0.417 e. The Morgan fingerprint density at radius 1 is 0.469 bits per heavy atom. The van der Waals surface area contributed by atoms with Crippen LogP contribution in [0.2, 0.25) is 10.0 Å². The number of ketones is 5. The first-order valence-corrected chi connectivity index (χ1v) is 45.6. The first kappa shape index (κ1) is 93.9. The molecule has 12 aromatic rings. The number of piperidine rings is 2. The van der Waals surface area contributed by atoms with E-state index in [1.54, 1.807) is 39.0 Å². The van der Waals surface area contributed by atoms with Gasteiger partial charge in [-0.3, -0.25) is 28.9 Å². The Balaban J connectivity index is 0.000000140. The maximum atomic E-state index is 12.9. The largest absolute Gasteiger partial charge is 0.490 e. The van der Waals surface area contributed by atoms with Crippen LogP contribution in [0.15, 0.2) is 189 Å². The lowest BCUT2D eigenvalue weighted by Crippen LogP contribution is -2.51. The number of carbonyl (C=O) groups excluding carboxylic acids is 5. The number of hydrogen-bond acceptors (Lipinski definition) is 18. The summed E-state index contributed by atoms with van der Waals surface area (Å²) in [6.07, 6.45) is 14.2. The number of nitriles is 4. The van der Waals surface area contributed by atoms with Crippen molar-refractivity contribution >= 4 is 102 Å². The minimum Gasteiger partial charge on any atom is -0.490 e. The number of likely N-dealkylation sites (tertiary alicyclic amines) is 2. The number of rotatable bonds is 26. The zero-order valence-corrected chi connectivity index (χ0v) is 75.6. The summed E-state index contributed by atoms with van der Waals surface area (Å²) >= 11 is 12.1. The molecule has 0 saturated carbocycles. The second-order valence-electron chi connectivity index (χ2n) is 34.3. The number of alkyl halides is 3. The topological polar surface area (TPSA) is 251 Å². The summed E-state index contributed by atoms with van der Waals surface area (Å²) in [7, 11) is 0. The molecule has 7 aromatic carbocycles. The number of nitrogens with zero attached hydrogens (tertiary/aromatic N) is 15. The van der Waals surface area contributed by atoms with Crippen LogP contribution in [0.25, 0.3) is 43.6 Å². The maximum absolute atomic E-state index is 12.9. The van der Waals surface area contributed by atoms with E-state index >= 15 is 0 Å². The molecule has 1 spiro atoms.